The second-order valence-corrected chi connectivity index (χ2v) is 10.5. The van der Waals surface area contributed by atoms with Gasteiger partial charge in [0, 0.05) is 23.7 Å². The highest BCUT2D eigenvalue weighted by molar-refractivity contribution is 6.31. The first-order chi connectivity index (χ1) is 20.7. The quantitative estimate of drug-likeness (QED) is 0.294. The van der Waals surface area contributed by atoms with E-state index in [4.69, 9.17) is 11.6 Å². The zero-order chi connectivity index (χ0) is 30.2. The van der Waals surface area contributed by atoms with E-state index < -0.39 is 29.9 Å². The van der Waals surface area contributed by atoms with Crippen LogP contribution in [0, 0.1) is 11.7 Å². The van der Waals surface area contributed by atoms with Gasteiger partial charge in [-0.2, -0.15) is 13.9 Å². The highest BCUT2D eigenvalue weighted by Gasteiger charge is 2.26. The standard InChI is InChI=1S/C28H23ClF3N9O2/c1-15-3-2-4-21(18-11-16(7-8-33-18)26-20(37-27(15)43)13-36-41(26)28(31)32)39-14-34-19(12-23(39)42)24-22(40-10-9-35-38-40)6-5-17(29)25(24)30/h5-15,21,28H,2-4H2,1H3,(H,37,43)/t15-,21+/m1/s1. The minimum Gasteiger partial charge on any atom is -0.323 e. The average Bonchev–Trinajstić information content (AvgIpc) is 3.67. The minimum absolute atomic E-state index is 0.0106. The largest absolute Gasteiger partial charge is 0.333 e. The summed E-state index contributed by atoms with van der Waals surface area (Å²) in [4.78, 5) is 35.4. The van der Waals surface area contributed by atoms with E-state index in [0.29, 0.717) is 35.2 Å². The normalized spacial score (nSPS) is 17.2. The topological polar surface area (TPSA) is 125 Å². The first-order valence-electron chi connectivity index (χ1n) is 13.3. The summed E-state index contributed by atoms with van der Waals surface area (Å²) >= 11 is 6.07. The van der Waals surface area contributed by atoms with E-state index in [1.165, 1.54) is 58.6 Å². The number of amides is 1. The van der Waals surface area contributed by atoms with Crippen LogP contribution in [0.1, 0.15) is 44.5 Å². The number of hydrogen-bond donors (Lipinski definition) is 1. The van der Waals surface area contributed by atoms with Crippen molar-refractivity contribution in [1.82, 2.24) is 39.3 Å². The molecule has 11 nitrogen and oxygen atoms in total. The number of rotatable bonds is 4. The first kappa shape index (κ1) is 28.3. The lowest BCUT2D eigenvalue weighted by molar-refractivity contribution is -0.119. The molecule has 0 fully saturated rings. The molecule has 15 heteroatoms. The summed E-state index contributed by atoms with van der Waals surface area (Å²) in [7, 11) is 0. The second kappa shape index (κ2) is 11.4. The van der Waals surface area contributed by atoms with Gasteiger partial charge in [0.1, 0.15) is 0 Å². The summed E-state index contributed by atoms with van der Waals surface area (Å²) in [5, 5.41) is 14.0. The Balaban J connectivity index is 1.47. The predicted octanol–water partition coefficient (Wildman–Crippen LogP) is 5.29. The Bertz CT molecular complexity index is 1870. The van der Waals surface area contributed by atoms with Crippen LogP contribution in [-0.2, 0) is 4.79 Å². The summed E-state index contributed by atoms with van der Waals surface area (Å²) in [6.45, 7) is -1.23. The number of nitrogens with zero attached hydrogens (tertiary/aromatic N) is 8. The van der Waals surface area contributed by atoms with Crippen LogP contribution in [0.5, 0.6) is 0 Å². The molecule has 1 N–H and O–H groups in total. The van der Waals surface area contributed by atoms with Crippen LogP contribution in [0.3, 0.4) is 0 Å². The number of fused-ring (bicyclic) bond motifs is 4. The molecule has 6 rings (SSSR count). The summed E-state index contributed by atoms with van der Waals surface area (Å²) in [6.07, 6.45) is 8.23. The molecule has 43 heavy (non-hydrogen) atoms. The van der Waals surface area contributed by atoms with E-state index in [2.05, 4.69) is 30.7 Å². The third kappa shape index (κ3) is 5.29. The van der Waals surface area contributed by atoms with Crippen molar-refractivity contribution in [1.29, 1.82) is 0 Å². The third-order valence-electron chi connectivity index (χ3n) is 7.37. The molecule has 1 aliphatic heterocycles. The van der Waals surface area contributed by atoms with Crippen molar-refractivity contribution < 1.29 is 18.0 Å². The molecule has 1 aliphatic rings. The number of carbonyl (C=O) groups is 1. The minimum atomic E-state index is -2.97. The van der Waals surface area contributed by atoms with Gasteiger partial charge in [-0.25, -0.2) is 18.7 Å². The van der Waals surface area contributed by atoms with Gasteiger partial charge in [0.15, 0.2) is 5.82 Å². The molecule has 0 saturated heterocycles. The van der Waals surface area contributed by atoms with Crippen molar-refractivity contribution in [3.8, 4) is 28.2 Å². The summed E-state index contributed by atoms with van der Waals surface area (Å²) in [5.41, 5.74) is 0.653. The molecule has 4 aromatic heterocycles. The van der Waals surface area contributed by atoms with Crippen molar-refractivity contribution in [3.05, 3.63) is 88.3 Å². The average molecular weight is 610 g/mol. The lowest BCUT2D eigenvalue weighted by atomic mass is 9.97. The molecule has 220 valence electrons. The Morgan fingerprint density at radius 3 is 2.67 bits per heavy atom. The molecule has 0 radical (unpaired) electrons. The molecule has 1 aromatic carbocycles. The number of alkyl halides is 2. The van der Waals surface area contributed by atoms with Crippen LogP contribution in [0.25, 0.3) is 28.2 Å². The van der Waals surface area contributed by atoms with E-state index >= 15 is 4.39 Å². The number of aromatic nitrogens is 8. The maximum absolute atomic E-state index is 15.3. The van der Waals surface area contributed by atoms with E-state index in [9.17, 15) is 18.4 Å². The third-order valence-corrected chi connectivity index (χ3v) is 7.66. The molecule has 0 saturated carbocycles. The van der Waals surface area contributed by atoms with E-state index in [0.717, 1.165) is 0 Å². The van der Waals surface area contributed by atoms with Gasteiger partial charge in [0.25, 0.3) is 5.56 Å². The molecule has 5 aromatic rings. The van der Waals surface area contributed by atoms with E-state index in [1.54, 1.807) is 19.1 Å². The van der Waals surface area contributed by atoms with Crippen LogP contribution in [0.15, 0.2) is 66.2 Å². The van der Waals surface area contributed by atoms with Crippen molar-refractivity contribution in [2.45, 2.75) is 38.8 Å². The fourth-order valence-electron chi connectivity index (χ4n) is 5.19. The van der Waals surface area contributed by atoms with Gasteiger partial charge in [-0.05, 0) is 37.1 Å². The lowest BCUT2D eigenvalue weighted by Gasteiger charge is -2.22. The van der Waals surface area contributed by atoms with Crippen LogP contribution in [0.4, 0.5) is 18.9 Å². The molecular formula is C28H23ClF3N9O2. The fraction of sp³-hybridized carbons (Fsp3) is 0.250. The first-order valence-corrected chi connectivity index (χ1v) is 13.7. The summed E-state index contributed by atoms with van der Waals surface area (Å²) in [5.74, 6) is -1.57. The molecule has 5 heterocycles. The molecule has 1 amide bonds. The smallest absolute Gasteiger partial charge is 0.323 e. The summed E-state index contributed by atoms with van der Waals surface area (Å²) < 4.78 is 46.3. The Labute approximate surface area is 247 Å². The number of anilines is 1. The van der Waals surface area contributed by atoms with Gasteiger partial charge < -0.3 is 5.32 Å². The van der Waals surface area contributed by atoms with Crippen molar-refractivity contribution >= 4 is 23.2 Å². The van der Waals surface area contributed by atoms with Gasteiger partial charge in [-0.15, -0.1) is 5.10 Å². The van der Waals surface area contributed by atoms with Crippen LogP contribution < -0.4 is 10.9 Å². The number of pyridine rings is 1. The zero-order valence-electron chi connectivity index (χ0n) is 22.5. The molecule has 2 atom stereocenters. The van der Waals surface area contributed by atoms with Gasteiger partial charge in [-0.1, -0.05) is 30.2 Å². The van der Waals surface area contributed by atoms with Gasteiger partial charge in [-0.3, -0.25) is 19.1 Å². The SMILES string of the molecule is C[C@@H]1CCC[C@H](n2cnc(-c3c(-n4ccnn4)ccc(Cl)c3F)cc2=O)c2cc(ccn2)-c2c(cnn2C(F)F)NC1=O. The van der Waals surface area contributed by atoms with Crippen molar-refractivity contribution in [2.24, 2.45) is 5.92 Å². The molecule has 0 spiro atoms. The van der Waals surface area contributed by atoms with E-state index in [-0.39, 0.29) is 39.3 Å². The summed E-state index contributed by atoms with van der Waals surface area (Å²) in [6, 6.07) is 6.54. The highest BCUT2D eigenvalue weighted by Crippen LogP contribution is 2.35. The van der Waals surface area contributed by atoms with Gasteiger partial charge in [0.05, 0.1) is 70.0 Å². The lowest BCUT2D eigenvalue weighted by Crippen LogP contribution is -2.27. The van der Waals surface area contributed by atoms with Crippen LogP contribution in [-0.4, -0.2) is 45.2 Å². The molecule has 2 bridgehead atoms. The Kier molecular flexibility index (Phi) is 7.52. The zero-order valence-corrected chi connectivity index (χ0v) is 23.3. The number of hydrogen-bond acceptors (Lipinski definition) is 7. The Hall–Kier alpha value is -4.85. The van der Waals surface area contributed by atoms with Gasteiger partial charge in [0.2, 0.25) is 5.91 Å². The number of carbonyl (C=O) groups excluding carboxylic acids is 1. The number of nitrogens with one attached hydrogen (secondary N) is 1. The Morgan fingerprint density at radius 2 is 1.93 bits per heavy atom. The fourth-order valence-corrected chi connectivity index (χ4v) is 5.35. The molecule has 0 unspecified atom stereocenters. The molecule has 0 aliphatic carbocycles. The maximum atomic E-state index is 15.3. The van der Waals surface area contributed by atoms with Crippen molar-refractivity contribution in [3.63, 3.8) is 0 Å². The number of benzene rings is 1. The van der Waals surface area contributed by atoms with Gasteiger partial charge >= 0.3 is 6.55 Å². The number of halogens is 4. The monoisotopic (exact) mass is 609 g/mol. The molecular weight excluding hydrogens is 587 g/mol. The van der Waals surface area contributed by atoms with Crippen LogP contribution in [0.2, 0.25) is 5.02 Å². The Morgan fingerprint density at radius 1 is 1.09 bits per heavy atom. The van der Waals surface area contributed by atoms with E-state index in [1.807, 2.05) is 0 Å². The van der Waals surface area contributed by atoms with Crippen molar-refractivity contribution in [2.75, 3.05) is 5.32 Å². The predicted molar refractivity (Wildman–Crippen MR) is 150 cm³/mol. The maximum Gasteiger partial charge on any atom is 0.333 e. The highest BCUT2D eigenvalue weighted by atomic mass is 35.5. The second-order valence-electron chi connectivity index (χ2n) is 10.1. The van der Waals surface area contributed by atoms with Crippen LogP contribution >= 0.6 is 11.6 Å².